The van der Waals surface area contributed by atoms with Gasteiger partial charge in [0.2, 0.25) is 5.91 Å². The molecule has 0 aliphatic carbocycles. The summed E-state index contributed by atoms with van der Waals surface area (Å²) in [5.41, 5.74) is 1.28. The third kappa shape index (κ3) is 3.37. The van der Waals surface area contributed by atoms with E-state index in [9.17, 15) is 14.4 Å². The topological polar surface area (TPSA) is 82.6 Å². The highest BCUT2D eigenvalue weighted by atomic mass is 16.2. The molecule has 2 aliphatic rings. The van der Waals surface area contributed by atoms with Crippen molar-refractivity contribution >= 4 is 17.7 Å². The number of likely N-dealkylation sites (tertiary alicyclic amines) is 1. The summed E-state index contributed by atoms with van der Waals surface area (Å²) in [5.74, 6) is -0.956. The van der Waals surface area contributed by atoms with Gasteiger partial charge in [0.25, 0.3) is 11.8 Å². The second-order valence-corrected chi connectivity index (χ2v) is 7.98. The Balaban J connectivity index is 1.69. The van der Waals surface area contributed by atoms with Gasteiger partial charge in [-0.3, -0.25) is 19.4 Å². The van der Waals surface area contributed by atoms with E-state index in [1.165, 1.54) is 11.1 Å². The minimum Gasteiger partial charge on any atom is -0.348 e. The molecule has 2 atom stereocenters. The Morgan fingerprint density at radius 3 is 2.72 bits per heavy atom. The van der Waals surface area contributed by atoms with E-state index in [4.69, 9.17) is 0 Å². The third-order valence-corrected chi connectivity index (χ3v) is 5.94. The Kier molecular flexibility index (Phi) is 4.82. The second-order valence-electron chi connectivity index (χ2n) is 7.98. The van der Waals surface area contributed by atoms with E-state index >= 15 is 0 Å². The number of benzene rings is 1. The summed E-state index contributed by atoms with van der Waals surface area (Å²) in [6, 6.07) is 10.9. The monoisotopic (exact) mass is 392 g/mol. The Bertz CT molecular complexity index is 960. The van der Waals surface area contributed by atoms with Crippen molar-refractivity contribution in [1.29, 1.82) is 0 Å². The van der Waals surface area contributed by atoms with Crippen LogP contribution in [0.3, 0.4) is 0 Å². The van der Waals surface area contributed by atoms with Gasteiger partial charge in [-0.1, -0.05) is 18.2 Å². The van der Waals surface area contributed by atoms with E-state index in [1.54, 1.807) is 43.4 Å². The zero-order valence-corrected chi connectivity index (χ0v) is 16.6. The molecule has 0 saturated carbocycles. The first-order valence-electron chi connectivity index (χ1n) is 9.72. The number of fused-ring (bicyclic) bond motifs is 1. The van der Waals surface area contributed by atoms with E-state index in [0.29, 0.717) is 30.5 Å². The molecule has 3 heterocycles. The van der Waals surface area contributed by atoms with Crippen molar-refractivity contribution in [3.63, 3.8) is 0 Å². The molecule has 1 saturated heterocycles. The standard InChI is InChI=1S/C22H24N4O3/c1-25(2)21(29)18-13-26(20(28)16-7-5-11-23-12-16)14-22(18)10-9-15-6-3-4-8-17(15)19(27)24-22/h3-8,11-12,18H,9-10,13-14H2,1-2H3,(H,24,27)/t18-,22+/m1/s1. The minimum absolute atomic E-state index is 0.0854. The van der Waals surface area contributed by atoms with Crippen molar-refractivity contribution in [3.05, 3.63) is 65.5 Å². The molecule has 2 aliphatic heterocycles. The summed E-state index contributed by atoms with van der Waals surface area (Å²) in [7, 11) is 3.41. The number of amides is 3. The van der Waals surface area contributed by atoms with Crippen LogP contribution >= 0.6 is 0 Å². The van der Waals surface area contributed by atoms with Gasteiger partial charge in [0, 0.05) is 45.1 Å². The average Bonchev–Trinajstić information content (AvgIpc) is 3.03. The number of carbonyl (C=O) groups is 3. The van der Waals surface area contributed by atoms with Crippen LogP contribution in [0, 0.1) is 5.92 Å². The Labute approximate surface area is 169 Å². The van der Waals surface area contributed by atoms with Crippen LogP contribution in [0.4, 0.5) is 0 Å². The van der Waals surface area contributed by atoms with Crippen LogP contribution < -0.4 is 5.32 Å². The lowest BCUT2D eigenvalue weighted by Crippen LogP contribution is -2.57. The predicted molar refractivity (Wildman–Crippen MR) is 107 cm³/mol. The van der Waals surface area contributed by atoms with Gasteiger partial charge in [-0.05, 0) is 36.6 Å². The maximum Gasteiger partial charge on any atom is 0.255 e. The molecule has 0 radical (unpaired) electrons. The number of hydrogen-bond acceptors (Lipinski definition) is 4. The third-order valence-electron chi connectivity index (χ3n) is 5.94. The van der Waals surface area contributed by atoms with E-state index in [2.05, 4.69) is 10.3 Å². The van der Waals surface area contributed by atoms with Crippen LogP contribution in [0.2, 0.25) is 0 Å². The summed E-state index contributed by atoms with van der Waals surface area (Å²) in [6.45, 7) is 0.562. The Hall–Kier alpha value is -3.22. The van der Waals surface area contributed by atoms with Crippen LogP contribution in [-0.2, 0) is 11.2 Å². The van der Waals surface area contributed by atoms with Gasteiger partial charge in [-0.25, -0.2) is 0 Å². The second kappa shape index (κ2) is 7.31. The van der Waals surface area contributed by atoms with Crippen molar-refractivity contribution in [2.75, 3.05) is 27.2 Å². The molecule has 1 spiro atoms. The number of nitrogens with one attached hydrogen (secondary N) is 1. The van der Waals surface area contributed by atoms with E-state index in [0.717, 1.165) is 5.56 Å². The molecule has 1 N–H and O–H groups in total. The summed E-state index contributed by atoms with van der Waals surface area (Å²) < 4.78 is 0. The average molecular weight is 392 g/mol. The predicted octanol–water partition coefficient (Wildman–Crippen LogP) is 1.36. The van der Waals surface area contributed by atoms with Crippen molar-refractivity contribution in [2.45, 2.75) is 18.4 Å². The first-order valence-corrected chi connectivity index (χ1v) is 9.72. The molecule has 2 aromatic rings. The summed E-state index contributed by atoms with van der Waals surface area (Å²) >= 11 is 0. The highest BCUT2D eigenvalue weighted by Gasteiger charge is 2.53. The number of nitrogens with zero attached hydrogens (tertiary/aromatic N) is 3. The zero-order valence-electron chi connectivity index (χ0n) is 16.6. The van der Waals surface area contributed by atoms with E-state index in [-0.39, 0.29) is 24.3 Å². The van der Waals surface area contributed by atoms with Gasteiger partial charge in [0.1, 0.15) is 0 Å². The van der Waals surface area contributed by atoms with E-state index in [1.807, 2.05) is 18.2 Å². The quantitative estimate of drug-likeness (QED) is 0.837. The number of rotatable bonds is 2. The van der Waals surface area contributed by atoms with Gasteiger partial charge in [0.15, 0.2) is 0 Å². The summed E-state index contributed by atoms with van der Waals surface area (Å²) in [5, 5.41) is 3.14. The number of aromatic nitrogens is 1. The summed E-state index contributed by atoms with van der Waals surface area (Å²) in [4.78, 5) is 46.3. The molecule has 7 nitrogen and oxygen atoms in total. The van der Waals surface area contributed by atoms with Crippen LogP contribution in [0.1, 0.15) is 32.7 Å². The molecule has 29 heavy (non-hydrogen) atoms. The number of aryl methyl sites for hydroxylation is 1. The fourth-order valence-electron chi connectivity index (χ4n) is 4.42. The molecular weight excluding hydrogens is 368 g/mol. The van der Waals surface area contributed by atoms with Gasteiger partial charge in [-0.15, -0.1) is 0 Å². The highest BCUT2D eigenvalue weighted by molar-refractivity contribution is 5.98. The first kappa shape index (κ1) is 19.1. The van der Waals surface area contributed by atoms with Gasteiger partial charge >= 0.3 is 0 Å². The zero-order chi connectivity index (χ0) is 20.6. The van der Waals surface area contributed by atoms with Crippen molar-refractivity contribution < 1.29 is 14.4 Å². The molecule has 1 aromatic heterocycles. The molecular formula is C22H24N4O3. The highest BCUT2D eigenvalue weighted by Crippen LogP contribution is 2.36. The van der Waals surface area contributed by atoms with Gasteiger partial charge in [-0.2, -0.15) is 0 Å². The van der Waals surface area contributed by atoms with Crippen molar-refractivity contribution in [3.8, 4) is 0 Å². The molecule has 1 fully saturated rings. The normalized spacial score (nSPS) is 23.3. The van der Waals surface area contributed by atoms with Gasteiger partial charge < -0.3 is 15.1 Å². The lowest BCUT2D eigenvalue weighted by molar-refractivity contribution is -0.134. The first-order chi connectivity index (χ1) is 13.9. The molecule has 150 valence electrons. The fraction of sp³-hybridized carbons (Fsp3) is 0.364. The SMILES string of the molecule is CN(C)C(=O)[C@H]1CN(C(=O)c2cccnc2)C[C@@]12CCc1ccccc1C(=O)N2. The van der Waals surface area contributed by atoms with Gasteiger partial charge in [0.05, 0.1) is 17.0 Å². The largest absolute Gasteiger partial charge is 0.348 e. The lowest BCUT2D eigenvalue weighted by atomic mass is 9.81. The number of pyridine rings is 1. The van der Waals surface area contributed by atoms with Crippen molar-refractivity contribution in [1.82, 2.24) is 20.1 Å². The van der Waals surface area contributed by atoms with Crippen molar-refractivity contribution in [2.24, 2.45) is 5.92 Å². The Morgan fingerprint density at radius 1 is 1.21 bits per heavy atom. The van der Waals surface area contributed by atoms with E-state index < -0.39 is 11.5 Å². The molecule has 7 heteroatoms. The number of carbonyl (C=O) groups excluding carboxylic acids is 3. The molecule has 3 amide bonds. The lowest BCUT2D eigenvalue weighted by Gasteiger charge is -2.34. The maximum atomic E-state index is 13.0. The van der Waals surface area contributed by atoms with Crippen LogP contribution in [0.25, 0.3) is 0 Å². The molecule has 0 unspecified atom stereocenters. The molecule has 4 rings (SSSR count). The number of hydrogen-bond donors (Lipinski definition) is 1. The molecule has 1 aromatic carbocycles. The smallest absolute Gasteiger partial charge is 0.255 e. The van der Waals surface area contributed by atoms with Crippen LogP contribution in [-0.4, -0.2) is 65.2 Å². The maximum absolute atomic E-state index is 13.0. The van der Waals surface area contributed by atoms with Crippen LogP contribution in [0.5, 0.6) is 0 Å². The fourth-order valence-corrected chi connectivity index (χ4v) is 4.42. The summed E-state index contributed by atoms with van der Waals surface area (Å²) in [6.07, 6.45) is 4.40. The Morgan fingerprint density at radius 2 is 2.00 bits per heavy atom. The van der Waals surface area contributed by atoms with Crippen LogP contribution in [0.15, 0.2) is 48.8 Å². The molecule has 0 bridgehead atoms. The minimum atomic E-state index is -0.796.